The number of anilines is 1. The molecule has 0 radical (unpaired) electrons. The number of benzene rings is 2. The first-order valence-corrected chi connectivity index (χ1v) is 10.2. The summed E-state index contributed by atoms with van der Waals surface area (Å²) in [6, 6.07) is 24.6. The van der Waals surface area contributed by atoms with Gasteiger partial charge in [-0.2, -0.15) is 0 Å². The van der Waals surface area contributed by atoms with E-state index in [-0.39, 0.29) is 0 Å². The summed E-state index contributed by atoms with van der Waals surface area (Å²) in [4.78, 5) is 16.7. The number of morpholine rings is 1. The number of aliphatic imine (C=N–C) groups is 1. The van der Waals surface area contributed by atoms with Crippen LogP contribution < -0.4 is 4.90 Å². The molecule has 1 aliphatic heterocycles. The van der Waals surface area contributed by atoms with Gasteiger partial charge in [-0.1, -0.05) is 60.7 Å². The second kappa shape index (κ2) is 8.43. The Morgan fingerprint density at radius 3 is 2.13 bits per heavy atom. The van der Waals surface area contributed by atoms with Crippen LogP contribution in [0.5, 0.6) is 0 Å². The van der Waals surface area contributed by atoms with E-state index in [2.05, 4.69) is 46.3 Å². The lowest BCUT2D eigenvalue weighted by molar-refractivity contribution is 0.122. The van der Waals surface area contributed by atoms with E-state index in [0.29, 0.717) is 0 Å². The molecule has 3 heterocycles. The van der Waals surface area contributed by atoms with Crippen LogP contribution in [-0.2, 0) is 4.74 Å². The van der Waals surface area contributed by atoms with Crippen LogP contribution in [0.15, 0.2) is 90.2 Å². The average Bonchev–Trinajstić information content (AvgIpc) is 2.84. The van der Waals surface area contributed by atoms with Gasteiger partial charge in [0.15, 0.2) is 0 Å². The Kier molecular flexibility index (Phi) is 5.19. The molecule has 0 saturated carbocycles. The summed E-state index contributed by atoms with van der Waals surface area (Å²) < 4.78 is 5.48. The summed E-state index contributed by atoms with van der Waals surface area (Å²) in [6.07, 6.45) is 3.64. The highest BCUT2D eigenvalue weighted by Gasteiger charge is 2.15. The third-order valence-corrected chi connectivity index (χ3v) is 5.23. The topological polar surface area (TPSA) is 50.6 Å². The molecule has 1 aliphatic rings. The lowest BCUT2D eigenvalue weighted by Gasteiger charge is -2.28. The number of fused-ring (bicyclic) bond motifs is 1. The SMILES string of the molecule is c1ccc(C(=Nc2cncc3ccc(N4CCOCC4)nc23)c2ccccc2)cc1. The van der Waals surface area contributed by atoms with Gasteiger partial charge < -0.3 is 9.64 Å². The summed E-state index contributed by atoms with van der Waals surface area (Å²) in [5, 5.41) is 0.980. The van der Waals surface area contributed by atoms with Crippen molar-refractivity contribution in [2.24, 2.45) is 4.99 Å². The van der Waals surface area contributed by atoms with Gasteiger partial charge in [0, 0.05) is 35.8 Å². The quantitative estimate of drug-likeness (QED) is 0.473. The molecular weight excluding hydrogens is 372 g/mol. The van der Waals surface area contributed by atoms with Crippen LogP contribution in [0.1, 0.15) is 11.1 Å². The van der Waals surface area contributed by atoms with Gasteiger partial charge in [-0.25, -0.2) is 9.98 Å². The maximum atomic E-state index is 5.48. The van der Waals surface area contributed by atoms with Crippen LogP contribution in [0, 0.1) is 0 Å². The van der Waals surface area contributed by atoms with Gasteiger partial charge in [0.2, 0.25) is 0 Å². The standard InChI is InChI=1S/C25H22N4O/c1-3-7-19(8-4-1)24(20-9-5-2-6-10-20)27-22-18-26-17-21-11-12-23(28-25(21)22)29-13-15-30-16-14-29/h1-12,17-18H,13-16H2. The number of ether oxygens (including phenoxy) is 1. The summed E-state index contributed by atoms with van der Waals surface area (Å²) in [7, 11) is 0. The van der Waals surface area contributed by atoms with Gasteiger partial charge in [-0.15, -0.1) is 0 Å². The number of nitrogens with zero attached hydrogens (tertiary/aromatic N) is 4. The smallest absolute Gasteiger partial charge is 0.129 e. The first-order chi connectivity index (χ1) is 14.9. The molecule has 1 fully saturated rings. The molecule has 0 N–H and O–H groups in total. The monoisotopic (exact) mass is 394 g/mol. The molecule has 0 atom stereocenters. The molecule has 2 aromatic heterocycles. The zero-order valence-corrected chi connectivity index (χ0v) is 16.6. The molecule has 0 amide bonds. The van der Waals surface area contributed by atoms with Crippen molar-refractivity contribution in [2.75, 3.05) is 31.2 Å². The minimum Gasteiger partial charge on any atom is -0.378 e. The Hall–Kier alpha value is -3.57. The maximum Gasteiger partial charge on any atom is 0.129 e. The first-order valence-electron chi connectivity index (χ1n) is 10.2. The van der Waals surface area contributed by atoms with Crippen molar-refractivity contribution < 1.29 is 4.74 Å². The molecule has 5 rings (SSSR count). The Morgan fingerprint density at radius 2 is 1.47 bits per heavy atom. The van der Waals surface area contributed by atoms with Crippen molar-refractivity contribution in [3.8, 4) is 0 Å². The molecule has 0 bridgehead atoms. The Balaban J connectivity index is 1.65. The Bertz CT molecular complexity index is 1130. The van der Waals surface area contributed by atoms with Crippen molar-refractivity contribution in [3.63, 3.8) is 0 Å². The number of rotatable bonds is 4. The van der Waals surface area contributed by atoms with Crippen LogP contribution in [0.25, 0.3) is 10.9 Å². The molecule has 2 aromatic carbocycles. The fraction of sp³-hybridized carbons (Fsp3) is 0.160. The zero-order valence-electron chi connectivity index (χ0n) is 16.6. The second-order valence-corrected chi connectivity index (χ2v) is 7.19. The molecule has 148 valence electrons. The largest absolute Gasteiger partial charge is 0.378 e. The fourth-order valence-corrected chi connectivity index (χ4v) is 3.68. The van der Waals surface area contributed by atoms with Crippen molar-refractivity contribution in [1.82, 2.24) is 9.97 Å². The Labute approximate surface area is 175 Å². The van der Waals surface area contributed by atoms with Crippen molar-refractivity contribution in [3.05, 3.63) is 96.3 Å². The summed E-state index contributed by atoms with van der Waals surface area (Å²) in [6.45, 7) is 3.16. The summed E-state index contributed by atoms with van der Waals surface area (Å²) >= 11 is 0. The first kappa shape index (κ1) is 18.5. The Morgan fingerprint density at radius 1 is 0.800 bits per heavy atom. The second-order valence-electron chi connectivity index (χ2n) is 7.19. The third-order valence-electron chi connectivity index (χ3n) is 5.23. The lowest BCUT2D eigenvalue weighted by Crippen LogP contribution is -2.36. The highest BCUT2D eigenvalue weighted by Crippen LogP contribution is 2.28. The van der Waals surface area contributed by atoms with E-state index in [9.17, 15) is 0 Å². The maximum absolute atomic E-state index is 5.48. The molecule has 30 heavy (non-hydrogen) atoms. The van der Waals surface area contributed by atoms with Gasteiger partial charge in [-0.3, -0.25) is 4.98 Å². The van der Waals surface area contributed by atoms with E-state index in [1.54, 1.807) is 6.20 Å². The number of pyridine rings is 2. The molecule has 4 aromatic rings. The number of aromatic nitrogens is 2. The van der Waals surface area contributed by atoms with E-state index in [4.69, 9.17) is 14.7 Å². The van der Waals surface area contributed by atoms with Gasteiger partial charge >= 0.3 is 0 Å². The molecule has 0 aliphatic carbocycles. The average molecular weight is 394 g/mol. The molecule has 5 heteroatoms. The van der Waals surface area contributed by atoms with E-state index in [1.807, 2.05) is 42.6 Å². The summed E-state index contributed by atoms with van der Waals surface area (Å²) in [5.74, 6) is 0.953. The van der Waals surface area contributed by atoms with Gasteiger partial charge in [0.25, 0.3) is 0 Å². The molecule has 0 spiro atoms. The number of hydrogen-bond donors (Lipinski definition) is 0. The highest BCUT2D eigenvalue weighted by molar-refractivity contribution is 6.14. The van der Waals surface area contributed by atoms with E-state index in [0.717, 1.165) is 65.6 Å². The predicted molar refractivity (Wildman–Crippen MR) is 121 cm³/mol. The minimum absolute atomic E-state index is 0.729. The predicted octanol–water partition coefficient (Wildman–Crippen LogP) is 4.64. The van der Waals surface area contributed by atoms with Gasteiger partial charge in [-0.05, 0) is 12.1 Å². The zero-order chi connectivity index (χ0) is 20.2. The van der Waals surface area contributed by atoms with Crippen LogP contribution in [0.4, 0.5) is 11.5 Å². The van der Waals surface area contributed by atoms with Crippen molar-refractivity contribution in [1.29, 1.82) is 0 Å². The third kappa shape index (κ3) is 3.80. The molecular formula is C25H22N4O. The van der Waals surface area contributed by atoms with E-state index in [1.165, 1.54) is 0 Å². The van der Waals surface area contributed by atoms with Crippen LogP contribution in [0.2, 0.25) is 0 Å². The van der Waals surface area contributed by atoms with Crippen LogP contribution in [-0.4, -0.2) is 42.0 Å². The van der Waals surface area contributed by atoms with Gasteiger partial charge in [0.1, 0.15) is 17.0 Å². The molecule has 1 saturated heterocycles. The lowest BCUT2D eigenvalue weighted by atomic mass is 10.0. The fourth-order valence-electron chi connectivity index (χ4n) is 3.68. The summed E-state index contributed by atoms with van der Waals surface area (Å²) in [5.41, 5.74) is 4.66. The van der Waals surface area contributed by atoms with Crippen molar-refractivity contribution in [2.45, 2.75) is 0 Å². The highest BCUT2D eigenvalue weighted by atomic mass is 16.5. The van der Waals surface area contributed by atoms with Crippen LogP contribution in [0.3, 0.4) is 0 Å². The minimum atomic E-state index is 0.729. The van der Waals surface area contributed by atoms with E-state index < -0.39 is 0 Å². The molecule has 0 unspecified atom stereocenters. The van der Waals surface area contributed by atoms with Crippen molar-refractivity contribution >= 4 is 28.1 Å². The number of hydrogen-bond acceptors (Lipinski definition) is 5. The van der Waals surface area contributed by atoms with Gasteiger partial charge in [0.05, 0.1) is 25.1 Å². The van der Waals surface area contributed by atoms with Crippen LogP contribution >= 0.6 is 0 Å². The normalized spacial score (nSPS) is 13.9. The van der Waals surface area contributed by atoms with E-state index >= 15 is 0 Å². The molecule has 5 nitrogen and oxygen atoms in total.